The van der Waals surface area contributed by atoms with Crippen LogP contribution in [0.15, 0.2) is 59.5 Å². The molecular weight excluding hydrogens is 566 g/mol. The van der Waals surface area contributed by atoms with Gasteiger partial charge in [-0.1, -0.05) is 12.7 Å². The van der Waals surface area contributed by atoms with E-state index in [-0.39, 0.29) is 80.2 Å². The van der Waals surface area contributed by atoms with E-state index < -0.39 is 40.3 Å². The number of halogens is 4. The molecule has 2 saturated heterocycles. The molecule has 3 rings (SSSR count). The molecule has 0 unspecified atom stereocenters. The highest BCUT2D eigenvalue weighted by Crippen LogP contribution is 2.31. The fourth-order valence-corrected chi connectivity index (χ4v) is 5.37. The van der Waals surface area contributed by atoms with E-state index >= 15 is 0 Å². The van der Waals surface area contributed by atoms with Gasteiger partial charge in [-0.05, 0) is 56.0 Å². The highest BCUT2D eigenvalue weighted by Gasteiger charge is 2.34. The Labute approximate surface area is 237 Å². The maximum absolute atomic E-state index is 13.6. The zero-order valence-corrected chi connectivity index (χ0v) is 23.8. The van der Waals surface area contributed by atoms with E-state index in [2.05, 4.69) is 21.6 Å². The number of hydrogen-bond donors (Lipinski definition) is 3. The van der Waals surface area contributed by atoms with Crippen LogP contribution in [0.2, 0.25) is 0 Å². The first-order valence-corrected chi connectivity index (χ1v) is 14.8. The number of likely N-dealkylation sites (tertiary alicyclic amines) is 1. The van der Waals surface area contributed by atoms with E-state index in [0.29, 0.717) is 5.82 Å². The Morgan fingerprint density at radius 3 is 2.37 bits per heavy atom. The van der Waals surface area contributed by atoms with Crippen molar-refractivity contribution < 1.29 is 35.9 Å². The van der Waals surface area contributed by atoms with Gasteiger partial charge in [0.25, 0.3) is 17.9 Å². The molecule has 0 aliphatic carbocycles. The van der Waals surface area contributed by atoms with Crippen LogP contribution in [0.4, 0.5) is 29.2 Å². The number of aliphatic hydroxyl groups is 1. The third-order valence-electron chi connectivity index (χ3n) is 6.81. The smallest absolute Gasteiger partial charge is 0.269 e. The van der Waals surface area contributed by atoms with Gasteiger partial charge in [-0.15, -0.1) is 0 Å². The number of sulfonamides is 1. The monoisotopic (exact) mass is 601 g/mol. The van der Waals surface area contributed by atoms with Gasteiger partial charge < -0.3 is 20.2 Å². The standard InChI is InChI=1S/C27H35F4N5O4S/c1-4-21(34-41(39,40)14-13-37)17-22(35-9-5-20(6-10-35)25(28)29)19(3)26(38)33-23-15-18(2)16-24(32-23)36-11-7-27(30,31)8-12-36/h4,15-17,34,37H,3,5-14H2,1-2H3,(H,32,33,38)/b21-4+,22-17+. The Balaban J connectivity index is 1.86. The minimum atomic E-state index is -3.89. The Hall–Kier alpha value is -3.39. The summed E-state index contributed by atoms with van der Waals surface area (Å²) in [5.41, 5.74) is 0.992. The Morgan fingerprint density at radius 1 is 1.17 bits per heavy atom. The first-order chi connectivity index (χ1) is 19.2. The molecule has 3 heterocycles. The number of anilines is 2. The fraction of sp³-hybridized carbons (Fsp3) is 0.481. The van der Waals surface area contributed by atoms with Gasteiger partial charge in [-0.2, -0.15) is 8.78 Å². The Bertz CT molecular complexity index is 1340. The molecule has 1 aromatic heterocycles. The molecule has 0 aromatic carbocycles. The predicted octanol–water partition coefficient (Wildman–Crippen LogP) is 4.07. The summed E-state index contributed by atoms with van der Waals surface area (Å²) in [6, 6.07) is 3.35. The molecule has 2 fully saturated rings. The molecule has 0 radical (unpaired) electrons. The second-order valence-electron chi connectivity index (χ2n) is 9.93. The van der Waals surface area contributed by atoms with E-state index in [4.69, 9.17) is 5.11 Å². The predicted molar refractivity (Wildman–Crippen MR) is 149 cm³/mol. The second-order valence-corrected chi connectivity index (χ2v) is 11.8. The quantitative estimate of drug-likeness (QED) is 0.211. The Kier molecular flexibility index (Phi) is 10.6. The number of piperidine rings is 2. The number of carbonyl (C=O) groups excluding carboxylic acids is 1. The van der Waals surface area contributed by atoms with Gasteiger partial charge in [-0.25, -0.2) is 22.2 Å². The molecule has 0 saturated carbocycles. The maximum atomic E-state index is 13.6. The number of carbonyl (C=O) groups is 1. The molecule has 1 amide bonds. The SMILES string of the molecule is C=C(C(=O)Nc1cc(C)cc(N2CCC(F)(F)CC2)n1)/C(=C\C(=C/C)NS(=O)(=O)CCO)N1CCC(=C(F)F)CC1. The number of nitrogens with one attached hydrogen (secondary N) is 2. The molecule has 9 nitrogen and oxygen atoms in total. The molecule has 226 valence electrons. The highest BCUT2D eigenvalue weighted by molar-refractivity contribution is 7.89. The lowest BCUT2D eigenvalue weighted by molar-refractivity contribution is -0.112. The third kappa shape index (κ3) is 9.05. The van der Waals surface area contributed by atoms with Crippen molar-refractivity contribution in [2.45, 2.75) is 45.5 Å². The van der Waals surface area contributed by atoms with Gasteiger partial charge in [0.05, 0.1) is 23.6 Å². The summed E-state index contributed by atoms with van der Waals surface area (Å²) >= 11 is 0. The van der Waals surface area contributed by atoms with E-state index in [0.717, 1.165) is 5.56 Å². The molecule has 41 heavy (non-hydrogen) atoms. The van der Waals surface area contributed by atoms with Crippen LogP contribution >= 0.6 is 0 Å². The van der Waals surface area contributed by atoms with Crippen molar-refractivity contribution in [1.29, 1.82) is 0 Å². The number of alkyl halides is 2. The zero-order valence-electron chi connectivity index (χ0n) is 23.0. The van der Waals surface area contributed by atoms with Crippen molar-refractivity contribution in [3.8, 4) is 0 Å². The van der Waals surface area contributed by atoms with Crippen LogP contribution in [0, 0.1) is 6.92 Å². The fourth-order valence-electron chi connectivity index (χ4n) is 4.49. The summed E-state index contributed by atoms with van der Waals surface area (Å²) in [5.74, 6) is -3.33. The normalized spacial score (nSPS) is 18.3. The van der Waals surface area contributed by atoms with Gasteiger partial charge in [0, 0.05) is 44.7 Å². The number of rotatable bonds is 10. The minimum absolute atomic E-state index is 0.0116. The van der Waals surface area contributed by atoms with Crippen molar-refractivity contribution in [3.05, 3.63) is 65.0 Å². The maximum Gasteiger partial charge on any atom is 0.269 e. The van der Waals surface area contributed by atoms with Gasteiger partial charge in [0.15, 0.2) is 0 Å². The van der Waals surface area contributed by atoms with E-state index in [1.807, 2.05) is 0 Å². The lowest BCUT2D eigenvalue weighted by Crippen LogP contribution is -2.39. The van der Waals surface area contributed by atoms with Crippen molar-refractivity contribution >= 4 is 27.6 Å². The molecule has 0 atom stereocenters. The molecule has 0 spiro atoms. The molecular formula is C27H35F4N5O4S. The van der Waals surface area contributed by atoms with Crippen LogP contribution in [-0.4, -0.2) is 73.8 Å². The summed E-state index contributed by atoms with van der Waals surface area (Å²) in [6.07, 6.45) is 0.596. The lowest BCUT2D eigenvalue weighted by atomic mass is 10.0. The van der Waals surface area contributed by atoms with E-state index in [9.17, 15) is 30.8 Å². The minimum Gasteiger partial charge on any atom is -0.395 e. The van der Waals surface area contributed by atoms with Gasteiger partial charge in [-0.3, -0.25) is 9.52 Å². The van der Waals surface area contributed by atoms with Crippen LogP contribution in [0.1, 0.15) is 38.2 Å². The molecule has 3 N–H and O–H groups in total. The first-order valence-electron chi connectivity index (χ1n) is 13.1. The molecule has 14 heteroatoms. The van der Waals surface area contributed by atoms with Crippen molar-refractivity contribution in [1.82, 2.24) is 14.6 Å². The topological polar surface area (TPSA) is 115 Å². The largest absolute Gasteiger partial charge is 0.395 e. The second kappa shape index (κ2) is 13.5. The van der Waals surface area contributed by atoms with E-state index in [1.165, 1.54) is 12.2 Å². The molecule has 2 aliphatic heterocycles. The average molecular weight is 602 g/mol. The summed E-state index contributed by atoms with van der Waals surface area (Å²) in [7, 11) is -3.89. The number of pyridine rings is 1. The lowest BCUT2D eigenvalue weighted by Gasteiger charge is -2.33. The van der Waals surface area contributed by atoms with Crippen molar-refractivity contribution in [3.63, 3.8) is 0 Å². The van der Waals surface area contributed by atoms with Crippen LogP contribution in [-0.2, 0) is 14.8 Å². The molecule has 1 aromatic rings. The number of aryl methyl sites for hydroxylation is 1. The number of amides is 1. The van der Waals surface area contributed by atoms with Gasteiger partial charge in [0.2, 0.25) is 10.0 Å². The summed E-state index contributed by atoms with van der Waals surface area (Å²) in [4.78, 5) is 21.2. The molecule has 2 aliphatic rings. The first kappa shape index (κ1) is 32.1. The number of allylic oxidation sites excluding steroid dienone is 2. The van der Waals surface area contributed by atoms with Crippen LogP contribution in [0.5, 0.6) is 0 Å². The van der Waals surface area contributed by atoms with Crippen LogP contribution in [0.3, 0.4) is 0 Å². The molecule has 0 bridgehead atoms. The Morgan fingerprint density at radius 2 is 1.80 bits per heavy atom. The number of nitrogens with zero attached hydrogens (tertiary/aromatic N) is 3. The number of aromatic nitrogens is 1. The number of hydrogen-bond acceptors (Lipinski definition) is 7. The average Bonchev–Trinajstić information content (AvgIpc) is 2.90. The summed E-state index contributed by atoms with van der Waals surface area (Å²) in [6.45, 7) is 7.14. The number of aliphatic hydroxyl groups excluding tert-OH is 1. The van der Waals surface area contributed by atoms with Crippen molar-refractivity contribution in [2.24, 2.45) is 0 Å². The van der Waals surface area contributed by atoms with Crippen LogP contribution < -0.4 is 14.9 Å². The zero-order chi connectivity index (χ0) is 30.4. The van der Waals surface area contributed by atoms with E-state index in [1.54, 1.807) is 35.8 Å². The highest BCUT2D eigenvalue weighted by atomic mass is 32.2. The summed E-state index contributed by atoms with van der Waals surface area (Å²) in [5, 5.41) is 11.7. The summed E-state index contributed by atoms with van der Waals surface area (Å²) < 4.78 is 80.4. The van der Waals surface area contributed by atoms with Gasteiger partial charge >= 0.3 is 0 Å². The third-order valence-corrected chi connectivity index (χ3v) is 8.08. The van der Waals surface area contributed by atoms with Gasteiger partial charge in [0.1, 0.15) is 11.6 Å². The van der Waals surface area contributed by atoms with Crippen molar-refractivity contribution in [2.75, 3.05) is 48.8 Å². The van der Waals surface area contributed by atoms with Crippen LogP contribution in [0.25, 0.3) is 0 Å².